The van der Waals surface area contributed by atoms with Gasteiger partial charge in [0.2, 0.25) is 0 Å². The average Bonchev–Trinajstić information content (AvgIpc) is 2.74. The first kappa shape index (κ1) is 6.37. The van der Waals surface area contributed by atoms with Gasteiger partial charge in [-0.25, -0.2) is 4.79 Å². The Balaban J connectivity index is 2.40. The van der Waals surface area contributed by atoms with Gasteiger partial charge in [0, 0.05) is 12.1 Å². The van der Waals surface area contributed by atoms with Gasteiger partial charge in [0.25, 0.3) is 0 Å². The van der Waals surface area contributed by atoms with E-state index in [0.29, 0.717) is 16.4 Å². The zero-order chi connectivity index (χ0) is 13.6. The van der Waals surface area contributed by atoms with E-state index >= 15 is 0 Å². The Kier molecular flexibility index (Phi) is 1.25. The van der Waals surface area contributed by atoms with E-state index in [-0.39, 0.29) is 11.3 Å². The second-order valence-corrected chi connectivity index (χ2v) is 3.31. The number of ether oxygens (including phenoxy) is 1. The Morgan fingerprint density at radius 1 is 1.25 bits per heavy atom. The molecule has 4 nitrogen and oxygen atoms in total. The molecule has 0 aliphatic rings. The third-order valence-corrected chi connectivity index (χ3v) is 2.41. The Morgan fingerprint density at radius 3 is 3.00 bits per heavy atom. The zero-order valence-corrected chi connectivity index (χ0v) is 8.02. The molecule has 0 spiro atoms. The molecule has 2 heterocycles. The minimum atomic E-state index is -2.60. The Hall–Kier alpha value is -2.23. The smallest absolute Gasteiger partial charge is 0.336 e. The fraction of sp³-hybridized carbons (Fsp3) is 0.0833. The predicted octanol–water partition coefficient (Wildman–Crippen LogP) is 2.55. The summed E-state index contributed by atoms with van der Waals surface area (Å²) in [5, 5.41) is 0.919. The summed E-state index contributed by atoms with van der Waals surface area (Å²) >= 11 is 0. The van der Waals surface area contributed by atoms with Crippen molar-refractivity contribution in [3.8, 4) is 5.75 Å². The highest BCUT2D eigenvalue weighted by atomic mass is 16.5. The molecule has 0 saturated carbocycles. The highest BCUT2D eigenvalue weighted by Gasteiger charge is 2.11. The van der Waals surface area contributed by atoms with Crippen LogP contribution in [0, 0.1) is 0 Å². The lowest BCUT2D eigenvalue weighted by atomic mass is 10.1. The third kappa shape index (κ3) is 1.13. The van der Waals surface area contributed by atoms with Crippen LogP contribution in [0.2, 0.25) is 0 Å². The summed E-state index contributed by atoms with van der Waals surface area (Å²) in [6.45, 7) is 0. The molecule has 16 heavy (non-hydrogen) atoms. The first-order valence-corrected chi connectivity index (χ1v) is 4.57. The minimum absolute atomic E-state index is 0.116. The Labute approximate surface area is 94.2 Å². The lowest BCUT2D eigenvalue weighted by Crippen LogP contribution is -1.95. The van der Waals surface area contributed by atoms with Gasteiger partial charge in [0.1, 0.15) is 16.9 Å². The number of hydrogen-bond acceptors (Lipinski definition) is 4. The topological polar surface area (TPSA) is 52.6 Å². The van der Waals surface area contributed by atoms with E-state index in [4.69, 9.17) is 17.7 Å². The standard InChI is InChI=1S/C12H8O4/c1-14-12-7-2-3-11(13)16-10(7)6-9-8(12)4-5-15-9/h2-6H,1H3/i1D3. The number of hydrogen-bond donors (Lipinski definition) is 0. The molecule has 0 N–H and O–H groups in total. The number of rotatable bonds is 1. The van der Waals surface area contributed by atoms with Crippen LogP contribution >= 0.6 is 0 Å². The molecule has 4 heteroatoms. The average molecular weight is 219 g/mol. The van der Waals surface area contributed by atoms with Gasteiger partial charge >= 0.3 is 5.63 Å². The van der Waals surface area contributed by atoms with Crippen LogP contribution in [0.1, 0.15) is 4.11 Å². The van der Waals surface area contributed by atoms with Crippen molar-refractivity contribution < 1.29 is 17.7 Å². The molecular formula is C12H8O4. The molecule has 0 saturated heterocycles. The molecule has 0 atom stereocenters. The molecule has 0 fully saturated rings. The summed E-state index contributed by atoms with van der Waals surface area (Å²) in [6, 6.07) is 5.80. The highest BCUT2D eigenvalue weighted by molar-refractivity contribution is 6.00. The van der Waals surface area contributed by atoms with Gasteiger partial charge in [0.05, 0.1) is 28.2 Å². The lowest BCUT2D eigenvalue weighted by Gasteiger charge is -2.04. The van der Waals surface area contributed by atoms with Crippen molar-refractivity contribution in [2.75, 3.05) is 7.04 Å². The van der Waals surface area contributed by atoms with Gasteiger partial charge in [-0.1, -0.05) is 0 Å². The summed E-state index contributed by atoms with van der Waals surface area (Å²) in [5.74, 6) is 0.116. The largest absolute Gasteiger partial charge is 0.495 e. The van der Waals surface area contributed by atoms with Crippen molar-refractivity contribution in [3.63, 3.8) is 0 Å². The van der Waals surface area contributed by atoms with Crippen molar-refractivity contribution in [2.24, 2.45) is 0 Å². The van der Waals surface area contributed by atoms with Gasteiger partial charge in [-0.2, -0.15) is 0 Å². The maximum absolute atomic E-state index is 11.2. The molecule has 0 radical (unpaired) electrons. The van der Waals surface area contributed by atoms with Crippen LogP contribution in [-0.4, -0.2) is 7.04 Å². The second kappa shape index (κ2) is 3.13. The van der Waals surface area contributed by atoms with Gasteiger partial charge in [-0.3, -0.25) is 0 Å². The Bertz CT molecular complexity index is 813. The van der Waals surface area contributed by atoms with Crippen LogP contribution in [0.3, 0.4) is 0 Å². The van der Waals surface area contributed by atoms with Gasteiger partial charge in [-0.15, -0.1) is 0 Å². The number of methoxy groups -OCH3 is 1. The van der Waals surface area contributed by atoms with Crippen LogP contribution in [0.15, 0.2) is 44.2 Å². The summed E-state index contributed by atoms with van der Waals surface area (Å²) in [5.41, 5.74) is 0.0774. The molecule has 0 bridgehead atoms. The van der Waals surface area contributed by atoms with Gasteiger partial charge < -0.3 is 13.6 Å². The zero-order valence-electron chi connectivity index (χ0n) is 11.0. The number of benzene rings is 1. The molecule has 0 amide bonds. The van der Waals surface area contributed by atoms with E-state index in [1.807, 2.05) is 0 Å². The monoisotopic (exact) mass is 219 g/mol. The summed E-state index contributed by atoms with van der Waals surface area (Å²) in [6.07, 6.45) is 1.41. The maximum atomic E-state index is 11.2. The van der Waals surface area contributed by atoms with Crippen molar-refractivity contribution in [2.45, 2.75) is 0 Å². The fourth-order valence-electron chi connectivity index (χ4n) is 1.72. The first-order chi connectivity index (χ1) is 8.94. The van der Waals surface area contributed by atoms with Crippen molar-refractivity contribution in [3.05, 3.63) is 40.9 Å². The number of furan rings is 1. The van der Waals surface area contributed by atoms with Crippen LogP contribution in [0.4, 0.5) is 0 Å². The van der Waals surface area contributed by atoms with E-state index in [1.54, 1.807) is 6.07 Å². The maximum Gasteiger partial charge on any atom is 0.336 e. The summed E-state index contributed by atoms with van der Waals surface area (Å²) < 4.78 is 36.8. The van der Waals surface area contributed by atoms with Gasteiger partial charge in [-0.05, 0) is 12.1 Å². The van der Waals surface area contributed by atoms with Crippen molar-refractivity contribution in [1.29, 1.82) is 0 Å². The minimum Gasteiger partial charge on any atom is -0.495 e. The van der Waals surface area contributed by atoms with E-state index in [9.17, 15) is 4.79 Å². The third-order valence-electron chi connectivity index (χ3n) is 2.41. The molecule has 0 aliphatic heterocycles. The quantitative estimate of drug-likeness (QED) is 0.590. The van der Waals surface area contributed by atoms with Crippen LogP contribution < -0.4 is 10.4 Å². The normalized spacial score (nSPS) is 14.6. The van der Waals surface area contributed by atoms with Crippen molar-refractivity contribution >= 4 is 21.9 Å². The Morgan fingerprint density at radius 2 is 2.12 bits per heavy atom. The van der Waals surface area contributed by atoms with E-state index in [2.05, 4.69) is 0 Å². The van der Waals surface area contributed by atoms with E-state index in [0.717, 1.165) is 0 Å². The molecular weight excluding hydrogens is 208 g/mol. The number of fused-ring (bicyclic) bond motifs is 2. The van der Waals surface area contributed by atoms with Gasteiger partial charge in [0.15, 0.2) is 0 Å². The molecule has 0 unspecified atom stereocenters. The molecule has 3 aromatic rings. The molecule has 80 valence electrons. The van der Waals surface area contributed by atoms with Crippen LogP contribution in [0.25, 0.3) is 21.9 Å². The SMILES string of the molecule is [2H]C([2H])([2H])Oc1c2ccoc2cc2oc(=O)ccc12. The summed E-state index contributed by atoms with van der Waals surface area (Å²) in [7, 11) is -2.60. The second-order valence-electron chi connectivity index (χ2n) is 3.31. The fourth-order valence-corrected chi connectivity index (χ4v) is 1.72. The van der Waals surface area contributed by atoms with E-state index in [1.165, 1.54) is 24.5 Å². The van der Waals surface area contributed by atoms with Crippen LogP contribution in [-0.2, 0) is 0 Å². The predicted molar refractivity (Wildman–Crippen MR) is 58.8 cm³/mol. The molecule has 2 aromatic heterocycles. The van der Waals surface area contributed by atoms with Crippen LogP contribution in [0.5, 0.6) is 5.75 Å². The first-order valence-electron chi connectivity index (χ1n) is 6.07. The molecule has 1 aromatic carbocycles. The lowest BCUT2D eigenvalue weighted by molar-refractivity contribution is 0.423. The highest BCUT2D eigenvalue weighted by Crippen LogP contribution is 2.34. The van der Waals surface area contributed by atoms with E-state index < -0.39 is 12.7 Å². The summed E-state index contributed by atoms with van der Waals surface area (Å²) in [4.78, 5) is 11.2. The van der Waals surface area contributed by atoms with Crippen molar-refractivity contribution in [1.82, 2.24) is 0 Å². The molecule has 0 aliphatic carbocycles. The molecule has 3 rings (SSSR count).